The number of rotatable bonds is 4. The standard InChI is InChI=1S/C21H34/c1-3-7-19-14-16-21(17-15-19)9-6-5-8-20-12-10-18(4-2)11-13-20/h5,8,18-21H,3-4,7,10-17H2,1-2H3/b8-5+/t18-,19-,20-,21-. The maximum atomic E-state index is 3.51. The van der Waals surface area contributed by atoms with E-state index in [0.29, 0.717) is 5.92 Å². The van der Waals surface area contributed by atoms with E-state index >= 15 is 0 Å². The quantitative estimate of drug-likeness (QED) is 0.527. The number of allylic oxidation sites excluding steroid dienone is 2. The molecule has 0 unspecified atom stereocenters. The smallest absolute Gasteiger partial charge is 0.0206 e. The van der Waals surface area contributed by atoms with Gasteiger partial charge in [-0.2, -0.15) is 0 Å². The molecule has 2 saturated carbocycles. The summed E-state index contributed by atoms with van der Waals surface area (Å²) in [4.78, 5) is 0. The molecule has 0 bridgehead atoms. The molecule has 0 aliphatic heterocycles. The van der Waals surface area contributed by atoms with Crippen LogP contribution in [-0.2, 0) is 0 Å². The largest absolute Gasteiger partial charge is 0.0951 e. The van der Waals surface area contributed by atoms with Crippen molar-refractivity contribution in [2.75, 3.05) is 0 Å². The van der Waals surface area contributed by atoms with Crippen molar-refractivity contribution in [3.05, 3.63) is 12.2 Å². The zero-order valence-corrected chi connectivity index (χ0v) is 14.2. The van der Waals surface area contributed by atoms with Crippen LogP contribution in [-0.4, -0.2) is 0 Å². The van der Waals surface area contributed by atoms with Gasteiger partial charge in [0.05, 0.1) is 0 Å². The molecule has 2 rings (SSSR count). The molecular formula is C21H34. The van der Waals surface area contributed by atoms with E-state index in [2.05, 4.69) is 37.8 Å². The van der Waals surface area contributed by atoms with Gasteiger partial charge in [-0.25, -0.2) is 0 Å². The third-order valence-electron chi connectivity index (χ3n) is 5.75. The first-order chi connectivity index (χ1) is 10.3. The van der Waals surface area contributed by atoms with Crippen molar-refractivity contribution in [1.82, 2.24) is 0 Å². The van der Waals surface area contributed by atoms with Crippen LogP contribution in [0.25, 0.3) is 0 Å². The minimum atomic E-state index is 0.679. The molecule has 0 amide bonds. The summed E-state index contributed by atoms with van der Waals surface area (Å²) in [5.74, 6) is 10.3. The molecule has 0 aromatic heterocycles. The highest BCUT2D eigenvalue weighted by molar-refractivity contribution is 5.18. The van der Waals surface area contributed by atoms with Crippen molar-refractivity contribution in [2.45, 2.75) is 84.5 Å². The molecule has 0 saturated heterocycles. The fourth-order valence-electron chi connectivity index (χ4n) is 4.14. The van der Waals surface area contributed by atoms with Crippen molar-refractivity contribution in [1.29, 1.82) is 0 Å². The molecule has 2 fully saturated rings. The zero-order valence-electron chi connectivity index (χ0n) is 14.2. The summed E-state index contributed by atoms with van der Waals surface area (Å²) in [7, 11) is 0. The fourth-order valence-corrected chi connectivity index (χ4v) is 4.14. The van der Waals surface area contributed by atoms with Crippen LogP contribution in [0.5, 0.6) is 0 Å². The fraction of sp³-hybridized carbons (Fsp3) is 0.810. The predicted molar refractivity (Wildman–Crippen MR) is 93.0 cm³/mol. The Morgan fingerprint density at radius 2 is 1.52 bits per heavy atom. The van der Waals surface area contributed by atoms with E-state index in [1.54, 1.807) is 0 Å². The van der Waals surface area contributed by atoms with Gasteiger partial charge in [0.2, 0.25) is 0 Å². The zero-order chi connectivity index (χ0) is 14.9. The molecule has 0 atom stereocenters. The lowest BCUT2D eigenvalue weighted by molar-refractivity contribution is 0.299. The summed E-state index contributed by atoms with van der Waals surface area (Å²) in [5, 5.41) is 0. The molecular weight excluding hydrogens is 252 g/mol. The summed E-state index contributed by atoms with van der Waals surface area (Å²) >= 11 is 0. The van der Waals surface area contributed by atoms with Gasteiger partial charge in [0, 0.05) is 5.92 Å². The molecule has 118 valence electrons. The molecule has 2 aliphatic rings. The van der Waals surface area contributed by atoms with Crippen LogP contribution in [0, 0.1) is 35.5 Å². The van der Waals surface area contributed by atoms with Gasteiger partial charge in [-0.3, -0.25) is 0 Å². The summed E-state index contributed by atoms with van der Waals surface area (Å²) < 4.78 is 0. The van der Waals surface area contributed by atoms with Gasteiger partial charge in [-0.1, -0.05) is 51.0 Å². The third kappa shape index (κ3) is 5.90. The first-order valence-electron chi connectivity index (χ1n) is 9.49. The molecule has 2 aliphatic carbocycles. The Bertz CT molecular complexity index is 351. The van der Waals surface area contributed by atoms with Gasteiger partial charge < -0.3 is 0 Å². The summed E-state index contributed by atoms with van der Waals surface area (Å²) in [6.07, 6.45) is 19.9. The van der Waals surface area contributed by atoms with Gasteiger partial charge >= 0.3 is 0 Å². The SMILES string of the molecule is CCC[C@H]1CC[C@H](C#C/C=C/[C@H]2CC[C@H](CC)CC2)CC1. The van der Waals surface area contributed by atoms with Crippen LogP contribution in [0.1, 0.15) is 84.5 Å². The van der Waals surface area contributed by atoms with Crippen molar-refractivity contribution in [3.63, 3.8) is 0 Å². The Morgan fingerprint density at radius 1 is 0.857 bits per heavy atom. The van der Waals surface area contributed by atoms with E-state index in [-0.39, 0.29) is 0 Å². The van der Waals surface area contributed by atoms with Crippen molar-refractivity contribution in [3.8, 4) is 11.8 Å². The van der Waals surface area contributed by atoms with Gasteiger partial charge in [0.25, 0.3) is 0 Å². The van der Waals surface area contributed by atoms with Crippen molar-refractivity contribution >= 4 is 0 Å². The van der Waals surface area contributed by atoms with Crippen LogP contribution >= 0.6 is 0 Å². The molecule has 0 spiro atoms. The second-order valence-corrected chi connectivity index (χ2v) is 7.34. The highest BCUT2D eigenvalue weighted by atomic mass is 14.2. The highest BCUT2D eigenvalue weighted by Gasteiger charge is 2.19. The first kappa shape index (κ1) is 16.7. The Morgan fingerprint density at radius 3 is 2.14 bits per heavy atom. The summed E-state index contributed by atoms with van der Waals surface area (Å²) in [5.41, 5.74) is 0. The van der Waals surface area contributed by atoms with Crippen LogP contribution in [0.3, 0.4) is 0 Å². The van der Waals surface area contributed by atoms with Crippen LogP contribution in [0.2, 0.25) is 0 Å². The van der Waals surface area contributed by atoms with Crippen LogP contribution < -0.4 is 0 Å². The molecule has 0 heteroatoms. The Kier molecular flexibility index (Phi) is 7.42. The Hall–Kier alpha value is -0.700. The third-order valence-corrected chi connectivity index (χ3v) is 5.75. The highest BCUT2D eigenvalue weighted by Crippen LogP contribution is 2.32. The summed E-state index contributed by atoms with van der Waals surface area (Å²) in [6.45, 7) is 4.65. The average molecular weight is 287 g/mol. The van der Waals surface area contributed by atoms with Gasteiger partial charge in [-0.05, 0) is 75.2 Å². The lowest BCUT2D eigenvalue weighted by atomic mass is 9.80. The number of hydrogen-bond donors (Lipinski definition) is 0. The minimum Gasteiger partial charge on any atom is -0.0951 e. The second kappa shape index (κ2) is 9.34. The maximum absolute atomic E-state index is 3.51. The Balaban J connectivity index is 1.66. The first-order valence-corrected chi connectivity index (χ1v) is 9.49. The van der Waals surface area contributed by atoms with E-state index in [9.17, 15) is 0 Å². The molecule has 0 N–H and O–H groups in total. The van der Waals surface area contributed by atoms with Gasteiger partial charge in [0.1, 0.15) is 0 Å². The average Bonchev–Trinajstić information content (AvgIpc) is 2.54. The van der Waals surface area contributed by atoms with Gasteiger partial charge in [-0.15, -0.1) is 0 Å². The van der Waals surface area contributed by atoms with E-state index in [0.717, 1.165) is 17.8 Å². The second-order valence-electron chi connectivity index (χ2n) is 7.34. The molecule has 21 heavy (non-hydrogen) atoms. The van der Waals surface area contributed by atoms with E-state index < -0.39 is 0 Å². The van der Waals surface area contributed by atoms with Crippen LogP contribution in [0.4, 0.5) is 0 Å². The molecule has 0 nitrogen and oxygen atoms in total. The maximum Gasteiger partial charge on any atom is 0.0206 e. The topological polar surface area (TPSA) is 0 Å². The lowest BCUT2D eigenvalue weighted by Gasteiger charge is -2.25. The minimum absolute atomic E-state index is 0.679. The van der Waals surface area contributed by atoms with Gasteiger partial charge in [0.15, 0.2) is 0 Å². The van der Waals surface area contributed by atoms with Crippen LogP contribution in [0.15, 0.2) is 12.2 Å². The normalized spacial score (nSPS) is 33.6. The lowest BCUT2D eigenvalue weighted by Crippen LogP contribution is -2.13. The molecule has 0 aromatic rings. The predicted octanol–water partition coefficient (Wildman–Crippen LogP) is 6.37. The van der Waals surface area contributed by atoms with Crippen molar-refractivity contribution in [2.24, 2.45) is 23.7 Å². The number of hydrogen-bond acceptors (Lipinski definition) is 0. The van der Waals surface area contributed by atoms with E-state index in [1.165, 1.54) is 70.6 Å². The van der Waals surface area contributed by atoms with E-state index in [1.807, 2.05) is 0 Å². The van der Waals surface area contributed by atoms with E-state index in [4.69, 9.17) is 0 Å². The molecule has 0 aromatic carbocycles. The van der Waals surface area contributed by atoms with Crippen molar-refractivity contribution < 1.29 is 0 Å². The monoisotopic (exact) mass is 286 g/mol. The Labute approximate surface area is 132 Å². The molecule has 0 radical (unpaired) electrons. The summed E-state index contributed by atoms with van der Waals surface area (Å²) in [6, 6.07) is 0. The molecule has 0 heterocycles.